The molecular weight excluding hydrogens is 733 g/mol. The summed E-state index contributed by atoms with van der Waals surface area (Å²) in [7, 11) is 0. The van der Waals surface area contributed by atoms with E-state index in [1.165, 1.54) is 6.33 Å². The standard InChI is InChI=1S/C40H44N10O7/c51-21-29-37(55)50(40(57)45-29)31-17-30(33(53)34(31)54)49-22-43-32-35(41-19-28(24-9-3-1-4-10-24)25-11-5-2-6-12-25)46-38(47-36(32)49)48-15-14-26(20-48)44-39(56)42-18-23-8-7-13-27(52)16-23/h1-13,16,22,26,28,30-31,33-34,51-55H,14-15,17-21H2,(H,45,57)(H,41,46,47)(H2,42,44,56)/t26-,30-,31+,33+,34-/m1/s1. The molecule has 2 amide bonds. The molecule has 0 radical (unpaired) electrons. The van der Waals surface area contributed by atoms with Gasteiger partial charge in [-0.05, 0) is 41.7 Å². The molecule has 296 valence electrons. The van der Waals surface area contributed by atoms with Crippen molar-refractivity contribution in [3.05, 3.63) is 124 Å². The molecule has 3 aromatic heterocycles. The van der Waals surface area contributed by atoms with E-state index in [2.05, 4.69) is 45.2 Å². The number of aliphatic hydroxyl groups is 3. The van der Waals surface area contributed by atoms with Gasteiger partial charge in [-0.3, -0.25) is 4.57 Å². The molecule has 1 aliphatic carbocycles. The Morgan fingerprint density at radius 3 is 2.33 bits per heavy atom. The second-order valence-corrected chi connectivity index (χ2v) is 14.5. The highest BCUT2D eigenvalue weighted by Crippen LogP contribution is 2.41. The number of aliphatic hydroxyl groups excluding tert-OH is 3. The summed E-state index contributed by atoms with van der Waals surface area (Å²) < 4.78 is 2.62. The minimum atomic E-state index is -1.45. The van der Waals surface area contributed by atoms with Crippen molar-refractivity contribution >= 4 is 29.0 Å². The quantitative estimate of drug-likeness (QED) is 0.0872. The normalized spacial score (nSPS) is 20.7. The van der Waals surface area contributed by atoms with E-state index in [4.69, 9.17) is 15.0 Å². The van der Waals surface area contributed by atoms with Crippen LogP contribution in [0.15, 0.2) is 96.1 Å². The number of H-pyrrole nitrogens is 1. The molecule has 1 aliphatic heterocycles. The molecule has 5 atom stereocenters. The molecule has 9 N–H and O–H groups in total. The number of imidazole rings is 2. The lowest BCUT2D eigenvalue weighted by atomic mass is 9.91. The zero-order chi connectivity index (χ0) is 39.6. The largest absolute Gasteiger partial charge is 0.508 e. The first-order valence-corrected chi connectivity index (χ1v) is 18.8. The van der Waals surface area contributed by atoms with Gasteiger partial charge in [-0.2, -0.15) is 9.97 Å². The van der Waals surface area contributed by atoms with Crippen molar-refractivity contribution < 1.29 is 30.3 Å². The topological polar surface area (TPSA) is 239 Å². The number of aromatic nitrogens is 6. The average molecular weight is 777 g/mol. The maximum absolute atomic E-state index is 12.9. The first kappa shape index (κ1) is 37.5. The molecule has 0 bridgehead atoms. The van der Waals surface area contributed by atoms with E-state index in [0.29, 0.717) is 49.0 Å². The van der Waals surface area contributed by atoms with Crippen molar-refractivity contribution in [2.75, 3.05) is 29.9 Å². The molecule has 0 spiro atoms. The minimum absolute atomic E-state index is 0.0313. The molecule has 57 heavy (non-hydrogen) atoms. The van der Waals surface area contributed by atoms with Gasteiger partial charge in [-0.25, -0.2) is 14.6 Å². The maximum atomic E-state index is 12.9. The van der Waals surface area contributed by atoms with Gasteiger partial charge in [0.05, 0.1) is 25.0 Å². The van der Waals surface area contributed by atoms with Crippen molar-refractivity contribution in [2.45, 2.75) is 62.2 Å². The summed E-state index contributed by atoms with van der Waals surface area (Å²) in [6.07, 6.45) is -0.650. The zero-order valence-corrected chi connectivity index (χ0v) is 30.8. The summed E-state index contributed by atoms with van der Waals surface area (Å²) in [4.78, 5) is 44.6. The second kappa shape index (κ2) is 16.0. The Bertz CT molecular complexity index is 2360. The number of phenolic OH excluding ortho intramolecular Hbond substituents is 1. The summed E-state index contributed by atoms with van der Waals surface area (Å²) in [6.45, 7) is 1.02. The number of anilines is 2. The molecule has 17 nitrogen and oxygen atoms in total. The highest BCUT2D eigenvalue weighted by molar-refractivity contribution is 5.84. The monoisotopic (exact) mass is 776 g/mol. The van der Waals surface area contributed by atoms with Gasteiger partial charge < -0.3 is 55.9 Å². The predicted molar refractivity (Wildman–Crippen MR) is 210 cm³/mol. The number of aromatic amines is 1. The average Bonchev–Trinajstić information content (AvgIpc) is 4.00. The molecular formula is C40H44N10O7. The summed E-state index contributed by atoms with van der Waals surface area (Å²) in [5, 5.41) is 62.1. The van der Waals surface area contributed by atoms with E-state index in [9.17, 15) is 35.1 Å². The number of benzene rings is 3. The molecule has 6 aromatic rings. The highest BCUT2D eigenvalue weighted by atomic mass is 16.3. The third-order valence-corrected chi connectivity index (χ3v) is 10.9. The number of fused-ring (bicyclic) bond motifs is 1. The van der Waals surface area contributed by atoms with E-state index in [1.807, 2.05) is 47.4 Å². The van der Waals surface area contributed by atoms with E-state index >= 15 is 0 Å². The van der Waals surface area contributed by atoms with Crippen molar-refractivity contribution in [2.24, 2.45) is 0 Å². The summed E-state index contributed by atoms with van der Waals surface area (Å²) in [6, 6.07) is 24.5. The third kappa shape index (κ3) is 7.59. The fraction of sp³-hybridized carbons (Fsp3) is 0.325. The smallest absolute Gasteiger partial charge is 0.329 e. The molecule has 2 aliphatic rings. The number of nitrogens with zero attached hydrogens (tertiary/aromatic N) is 6. The molecule has 1 saturated heterocycles. The van der Waals surface area contributed by atoms with E-state index < -0.39 is 42.5 Å². The van der Waals surface area contributed by atoms with Crippen LogP contribution in [0.1, 0.15) is 53.2 Å². The number of amides is 2. The van der Waals surface area contributed by atoms with Gasteiger partial charge in [0, 0.05) is 38.1 Å². The summed E-state index contributed by atoms with van der Waals surface area (Å²) in [5.74, 6) is 0.369. The number of rotatable bonds is 12. The van der Waals surface area contributed by atoms with Crippen molar-refractivity contribution in [3.63, 3.8) is 0 Å². The van der Waals surface area contributed by atoms with Crippen molar-refractivity contribution in [3.8, 4) is 11.6 Å². The molecule has 8 rings (SSSR count). The van der Waals surface area contributed by atoms with Crippen LogP contribution in [0.2, 0.25) is 0 Å². The van der Waals surface area contributed by atoms with Crippen LogP contribution in [0.25, 0.3) is 11.2 Å². The van der Waals surface area contributed by atoms with Gasteiger partial charge in [0.15, 0.2) is 17.0 Å². The zero-order valence-electron chi connectivity index (χ0n) is 30.8. The Kier molecular flexibility index (Phi) is 10.5. The Morgan fingerprint density at radius 2 is 1.65 bits per heavy atom. The Morgan fingerprint density at radius 1 is 0.930 bits per heavy atom. The lowest BCUT2D eigenvalue weighted by molar-refractivity contribution is 0.00758. The summed E-state index contributed by atoms with van der Waals surface area (Å²) in [5.41, 5.74) is 2.94. The molecule has 2 fully saturated rings. The van der Waals surface area contributed by atoms with Gasteiger partial charge in [-0.15, -0.1) is 0 Å². The van der Waals surface area contributed by atoms with Crippen LogP contribution in [0.4, 0.5) is 16.6 Å². The second-order valence-electron chi connectivity index (χ2n) is 14.5. The van der Waals surface area contributed by atoms with Gasteiger partial charge in [-0.1, -0.05) is 72.8 Å². The molecule has 0 unspecified atom stereocenters. The fourth-order valence-corrected chi connectivity index (χ4v) is 7.98. The van der Waals surface area contributed by atoms with E-state index in [-0.39, 0.29) is 42.4 Å². The van der Waals surface area contributed by atoms with Crippen molar-refractivity contribution in [1.29, 1.82) is 0 Å². The number of urea groups is 1. The van der Waals surface area contributed by atoms with Crippen LogP contribution < -0.4 is 26.5 Å². The lowest BCUT2D eigenvalue weighted by Gasteiger charge is -2.22. The van der Waals surface area contributed by atoms with Crippen LogP contribution >= 0.6 is 0 Å². The Hall–Kier alpha value is -6.43. The number of aromatic hydroxyl groups is 2. The number of hydrogen-bond donors (Lipinski definition) is 9. The van der Waals surface area contributed by atoms with E-state index in [1.54, 1.807) is 22.8 Å². The molecule has 3 aromatic carbocycles. The predicted octanol–water partition coefficient (Wildman–Crippen LogP) is 2.45. The number of carbonyl (C=O) groups is 1. The van der Waals surface area contributed by atoms with Crippen LogP contribution in [-0.2, 0) is 13.2 Å². The molecule has 1 saturated carbocycles. The van der Waals surface area contributed by atoms with Crippen molar-refractivity contribution in [1.82, 2.24) is 39.7 Å². The minimum Gasteiger partial charge on any atom is -0.508 e. The van der Waals surface area contributed by atoms with Crippen LogP contribution in [0, 0.1) is 0 Å². The first-order chi connectivity index (χ1) is 27.7. The lowest BCUT2D eigenvalue weighted by Crippen LogP contribution is -2.43. The number of carbonyl (C=O) groups excluding carboxylic acids is 1. The van der Waals surface area contributed by atoms with Gasteiger partial charge in [0.2, 0.25) is 11.8 Å². The van der Waals surface area contributed by atoms with Gasteiger partial charge in [0.1, 0.15) is 23.7 Å². The van der Waals surface area contributed by atoms with Crippen LogP contribution in [-0.4, -0.2) is 98.5 Å². The Balaban J connectivity index is 1.09. The number of nitrogens with one attached hydrogen (secondary N) is 4. The highest BCUT2D eigenvalue weighted by Gasteiger charge is 2.46. The number of phenols is 1. The Labute approximate surface area is 326 Å². The van der Waals surface area contributed by atoms with Gasteiger partial charge in [0.25, 0.3) is 0 Å². The van der Waals surface area contributed by atoms with E-state index in [0.717, 1.165) is 21.3 Å². The van der Waals surface area contributed by atoms with Gasteiger partial charge >= 0.3 is 11.7 Å². The molecule has 4 heterocycles. The SMILES string of the molecule is O=C(NCc1cccc(O)c1)N[C@@H]1CCN(c2nc(NCC(c3ccccc3)c3ccccc3)c3ncn([C@@H]4C[C@H](n5c(O)c(CO)[nH]c5=O)[C@@H](O)[C@H]4O)c3n2)C1. The number of hydrogen-bond acceptors (Lipinski definition) is 12. The molecule has 17 heteroatoms. The fourth-order valence-electron chi connectivity index (χ4n) is 7.98. The summed E-state index contributed by atoms with van der Waals surface area (Å²) >= 11 is 0. The third-order valence-electron chi connectivity index (χ3n) is 10.9. The first-order valence-electron chi connectivity index (χ1n) is 18.8. The maximum Gasteiger partial charge on any atom is 0.329 e. The van der Waals surface area contributed by atoms with Crippen LogP contribution in [0.3, 0.4) is 0 Å². The van der Waals surface area contributed by atoms with Crippen LogP contribution in [0.5, 0.6) is 11.6 Å².